The zero-order valence-corrected chi connectivity index (χ0v) is 17.4. The summed E-state index contributed by atoms with van der Waals surface area (Å²) in [7, 11) is 0. The van der Waals surface area contributed by atoms with Gasteiger partial charge in [-0.2, -0.15) is 0 Å². The fourth-order valence-electron chi connectivity index (χ4n) is 2.82. The van der Waals surface area contributed by atoms with Crippen LogP contribution in [0.3, 0.4) is 0 Å². The lowest BCUT2D eigenvalue weighted by Gasteiger charge is -2.12. The highest BCUT2D eigenvalue weighted by Gasteiger charge is 2.21. The molecule has 1 atom stereocenters. The quantitative estimate of drug-likeness (QED) is 0.473. The number of nitrogens with one attached hydrogen (secondary N) is 2. The molecule has 2 heterocycles. The lowest BCUT2D eigenvalue weighted by Crippen LogP contribution is -2.30. The zero-order chi connectivity index (χ0) is 21.3. The van der Waals surface area contributed by atoms with E-state index < -0.39 is 18.0 Å². The first-order valence-corrected chi connectivity index (χ1v) is 10.1. The molecule has 0 saturated carbocycles. The summed E-state index contributed by atoms with van der Waals surface area (Å²) in [4.78, 5) is 32.5. The van der Waals surface area contributed by atoms with E-state index in [9.17, 15) is 9.59 Å². The van der Waals surface area contributed by atoms with E-state index in [0.717, 1.165) is 21.9 Å². The standard InChI is InChI=1S/C21H19N5O3S/c1-11-4-6-14(7-5-11)18-22-16-9-8-15(10-17(16)23-18)20(28)29-12(2)19(27)24-21-26-25-13(3)30-21/h4-10,12H,1-3H3,(H,22,23)(H,24,26,27). The number of ether oxygens (including phenoxy) is 1. The smallest absolute Gasteiger partial charge is 0.338 e. The van der Waals surface area contributed by atoms with Gasteiger partial charge in [0, 0.05) is 5.56 Å². The molecule has 2 aromatic carbocycles. The first-order chi connectivity index (χ1) is 14.4. The van der Waals surface area contributed by atoms with Crippen molar-refractivity contribution in [2.75, 3.05) is 5.32 Å². The number of benzene rings is 2. The summed E-state index contributed by atoms with van der Waals surface area (Å²) in [6, 6.07) is 13.0. The number of aromatic nitrogens is 4. The van der Waals surface area contributed by atoms with E-state index in [2.05, 4.69) is 25.5 Å². The SMILES string of the molecule is Cc1ccc(-c2nc3ccc(C(=O)OC(C)C(=O)Nc4nnc(C)s4)cc3[nH]2)cc1. The van der Waals surface area contributed by atoms with Crippen LogP contribution in [0.5, 0.6) is 0 Å². The van der Waals surface area contributed by atoms with Crippen LogP contribution in [0, 0.1) is 13.8 Å². The first-order valence-electron chi connectivity index (χ1n) is 9.28. The van der Waals surface area contributed by atoms with Crippen LogP contribution >= 0.6 is 11.3 Å². The second kappa shape index (κ2) is 8.03. The molecule has 0 aliphatic carbocycles. The number of hydrogen-bond acceptors (Lipinski definition) is 7. The summed E-state index contributed by atoms with van der Waals surface area (Å²) in [5, 5.41) is 11.3. The lowest BCUT2D eigenvalue weighted by atomic mass is 10.1. The Balaban J connectivity index is 1.47. The Hall–Kier alpha value is -3.59. The van der Waals surface area contributed by atoms with Crippen LogP contribution in [-0.4, -0.2) is 38.1 Å². The van der Waals surface area contributed by atoms with Gasteiger partial charge in [0.2, 0.25) is 5.13 Å². The molecule has 4 aromatic rings. The van der Waals surface area contributed by atoms with Gasteiger partial charge in [0.25, 0.3) is 5.91 Å². The van der Waals surface area contributed by atoms with E-state index in [1.165, 1.54) is 23.8 Å². The van der Waals surface area contributed by atoms with Gasteiger partial charge in [0.1, 0.15) is 10.8 Å². The number of amides is 1. The molecular weight excluding hydrogens is 402 g/mol. The number of imidazole rings is 1. The maximum absolute atomic E-state index is 12.5. The third-order valence-electron chi connectivity index (χ3n) is 4.45. The van der Waals surface area contributed by atoms with E-state index in [1.54, 1.807) is 25.1 Å². The monoisotopic (exact) mass is 421 g/mol. The number of nitrogens with zero attached hydrogens (tertiary/aromatic N) is 3. The van der Waals surface area contributed by atoms with Crippen molar-refractivity contribution >= 4 is 39.4 Å². The fraction of sp³-hybridized carbons (Fsp3) is 0.190. The molecule has 0 bridgehead atoms. The van der Waals surface area contributed by atoms with Crippen molar-refractivity contribution in [1.82, 2.24) is 20.2 Å². The average Bonchev–Trinajstić information content (AvgIpc) is 3.33. The summed E-state index contributed by atoms with van der Waals surface area (Å²) in [6.45, 7) is 5.31. The Morgan fingerprint density at radius 2 is 1.87 bits per heavy atom. The summed E-state index contributed by atoms with van der Waals surface area (Å²) in [6.07, 6.45) is -0.984. The van der Waals surface area contributed by atoms with Gasteiger partial charge >= 0.3 is 5.97 Å². The number of esters is 1. The largest absolute Gasteiger partial charge is 0.449 e. The van der Waals surface area contributed by atoms with Crippen LogP contribution < -0.4 is 5.32 Å². The summed E-state index contributed by atoms with van der Waals surface area (Å²) in [5.74, 6) is -0.348. The molecule has 0 aliphatic rings. The Kier molecular flexibility index (Phi) is 5.28. The summed E-state index contributed by atoms with van der Waals surface area (Å²) in [5.41, 5.74) is 3.89. The van der Waals surface area contributed by atoms with Crippen LogP contribution in [-0.2, 0) is 9.53 Å². The molecule has 0 spiro atoms. The Morgan fingerprint density at radius 3 is 2.57 bits per heavy atom. The minimum Gasteiger partial charge on any atom is -0.449 e. The minimum absolute atomic E-state index is 0.327. The van der Waals surface area contributed by atoms with Gasteiger partial charge in [-0.1, -0.05) is 41.2 Å². The molecule has 30 heavy (non-hydrogen) atoms. The first kappa shape index (κ1) is 19.7. The van der Waals surface area contributed by atoms with E-state index in [4.69, 9.17) is 4.74 Å². The van der Waals surface area contributed by atoms with Gasteiger partial charge in [-0.3, -0.25) is 10.1 Å². The third kappa shape index (κ3) is 4.20. The number of hydrogen-bond donors (Lipinski definition) is 2. The Labute approximate surface area is 176 Å². The van der Waals surface area contributed by atoms with Gasteiger partial charge in [-0.25, -0.2) is 9.78 Å². The molecule has 1 unspecified atom stereocenters. The number of H-pyrrole nitrogens is 1. The molecule has 0 radical (unpaired) electrons. The van der Waals surface area contributed by atoms with Crippen molar-refractivity contribution in [2.24, 2.45) is 0 Å². The van der Waals surface area contributed by atoms with Crippen LogP contribution in [0.1, 0.15) is 27.9 Å². The van der Waals surface area contributed by atoms with Crippen LogP contribution in [0.15, 0.2) is 42.5 Å². The predicted molar refractivity (Wildman–Crippen MR) is 114 cm³/mol. The molecule has 4 rings (SSSR count). The van der Waals surface area contributed by atoms with Gasteiger partial charge < -0.3 is 9.72 Å². The van der Waals surface area contributed by atoms with Gasteiger partial charge in [0.15, 0.2) is 6.10 Å². The maximum Gasteiger partial charge on any atom is 0.338 e. The molecule has 2 aromatic heterocycles. The highest BCUT2D eigenvalue weighted by Crippen LogP contribution is 2.22. The molecule has 0 fully saturated rings. The van der Waals surface area contributed by atoms with Gasteiger partial charge in [-0.05, 0) is 39.0 Å². The number of carbonyl (C=O) groups is 2. The Bertz CT molecular complexity index is 1230. The Morgan fingerprint density at radius 1 is 1.10 bits per heavy atom. The number of fused-ring (bicyclic) bond motifs is 1. The summed E-state index contributed by atoms with van der Waals surface area (Å²) < 4.78 is 5.30. The normalized spacial score (nSPS) is 12.0. The molecular formula is C21H19N5O3S. The summed E-state index contributed by atoms with van der Waals surface area (Å²) >= 11 is 1.25. The highest BCUT2D eigenvalue weighted by molar-refractivity contribution is 7.15. The van der Waals surface area contributed by atoms with Gasteiger partial charge in [0.05, 0.1) is 16.6 Å². The van der Waals surface area contributed by atoms with E-state index >= 15 is 0 Å². The number of aryl methyl sites for hydroxylation is 2. The molecule has 1 amide bonds. The third-order valence-corrected chi connectivity index (χ3v) is 5.21. The molecule has 0 aliphatic heterocycles. The van der Waals surface area contributed by atoms with Crippen molar-refractivity contribution < 1.29 is 14.3 Å². The molecule has 152 valence electrons. The van der Waals surface area contributed by atoms with Crippen LogP contribution in [0.4, 0.5) is 5.13 Å². The fourth-order valence-corrected chi connectivity index (χ4v) is 3.42. The molecule has 0 saturated heterocycles. The average molecular weight is 421 g/mol. The number of carbonyl (C=O) groups excluding carboxylic acids is 2. The maximum atomic E-state index is 12.5. The zero-order valence-electron chi connectivity index (χ0n) is 16.6. The topological polar surface area (TPSA) is 110 Å². The highest BCUT2D eigenvalue weighted by atomic mass is 32.1. The van der Waals surface area contributed by atoms with Crippen molar-refractivity contribution in [3.05, 3.63) is 58.6 Å². The van der Waals surface area contributed by atoms with Crippen LogP contribution in [0.25, 0.3) is 22.4 Å². The molecule has 2 N–H and O–H groups in total. The number of rotatable bonds is 5. The predicted octanol–water partition coefficient (Wildman–Crippen LogP) is 3.88. The minimum atomic E-state index is -0.984. The molecule has 8 nitrogen and oxygen atoms in total. The second-order valence-corrected chi connectivity index (χ2v) is 8.03. The second-order valence-electron chi connectivity index (χ2n) is 6.85. The van der Waals surface area contributed by atoms with Crippen molar-refractivity contribution in [3.8, 4) is 11.4 Å². The molecule has 9 heteroatoms. The number of aromatic amines is 1. The van der Waals surface area contributed by atoms with E-state index in [-0.39, 0.29) is 0 Å². The van der Waals surface area contributed by atoms with Gasteiger partial charge in [-0.15, -0.1) is 10.2 Å². The van der Waals surface area contributed by atoms with E-state index in [0.29, 0.717) is 16.2 Å². The van der Waals surface area contributed by atoms with Crippen molar-refractivity contribution in [3.63, 3.8) is 0 Å². The van der Waals surface area contributed by atoms with Crippen molar-refractivity contribution in [2.45, 2.75) is 26.9 Å². The number of anilines is 1. The van der Waals surface area contributed by atoms with Crippen LogP contribution in [0.2, 0.25) is 0 Å². The van der Waals surface area contributed by atoms with E-state index in [1.807, 2.05) is 31.2 Å². The lowest BCUT2D eigenvalue weighted by molar-refractivity contribution is -0.123. The van der Waals surface area contributed by atoms with Crippen molar-refractivity contribution in [1.29, 1.82) is 0 Å².